The minimum absolute atomic E-state index is 0.0418. The molecule has 0 aliphatic carbocycles. The summed E-state index contributed by atoms with van der Waals surface area (Å²) in [5, 5.41) is 5.50. The molecule has 2 aromatic heterocycles. The monoisotopic (exact) mass is 323 g/mol. The van der Waals surface area contributed by atoms with Gasteiger partial charge in [0.05, 0.1) is 9.83 Å². The molecule has 3 aromatic rings. The molecule has 3 rings (SSSR count). The third-order valence-electron chi connectivity index (χ3n) is 2.79. The molecule has 0 bridgehead atoms. The van der Waals surface area contributed by atoms with Gasteiger partial charge in [0.1, 0.15) is 0 Å². The highest BCUT2D eigenvalue weighted by molar-refractivity contribution is 9.11. The summed E-state index contributed by atoms with van der Waals surface area (Å²) >= 11 is 6.91. The molecular weight excluding hydrogens is 314 g/mol. The zero-order valence-corrected chi connectivity index (χ0v) is 12.1. The molecule has 17 heavy (non-hydrogen) atoms. The van der Waals surface area contributed by atoms with Crippen molar-refractivity contribution in [3.05, 3.63) is 56.0 Å². The van der Waals surface area contributed by atoms with Crippen molar-refractivity contribution in [3.63, 3.8) is 0 Å². The molecule has 2 heterocycles. The Labute approximate surface area is 116 Å². The number of benzene rings is 1. The van der Waals surface area contributed by atoms with Crippen LogP contribution in [0.2, 0.25) is 0 Å². The molecule has 1 unspecified atom stereocenters. The number of hydrogen-bond donors (Lipinski definition) is 1. The molecule has 0 spiro atoms. The van der Waals surface area contributed by atoms with Crippen LogP contribution in [0.25, 0.3) is 10.1 Å². The lowest BCUT2D eigenvalue weighted by atomic mass is 10.0. The molecule has 86 valence electrons. The summed E-state index contributed by atoms with van der Waals surface area (Å²) in [5.74, 6) is 0. The average molecular weight is 324 g/mol. The maximum atomic E-state index is 6.35. The van der Waals surface area contributed by atoms with Gasteiger partial charge in [-0.15, -0.1) is 22.7 Å². The van der Waals surface area contributed by atoms with E-state index in [1.165, 1.54) is 21.2 Å². The highest BCUT2D eigenvalue weighted by Crippen LogP contribution is 2.33. The summed E-state index contributed by atoms with van der Waals surface area (Å²) in [6.45, 7) is 0. The van der Waals surface area contributed by atoms with Crippen molar-refractivity contribution >= 4 is 48.7 Å². The number of nitrogens with two attached hydrogens (primary N) is 1. The van der Waals surface area contributed by atoms with E-state index in [1.54, 1.807) is 22.7 Å². The Balaban J connectivity index is 2.12. The van der Waals surface area contributed by atoms with Gasteiger partial charge in [-0.05, 0) is 55.3 Å². The van der Waals surface area contributed by atoms with Gasteiger partial charge in [0.2, 0.25) is 0 Å². The first-order chi connectivity index (χ1) is 8.25. The van der Waals surface area contributed by atoms with Gasteiger partial charge in [-0.3, -0.25) is 0 Å². The van der Waals surface area contributed by atoms with E-state index in [0.29, 0.717) is 0 Å². The van der Waals surface area contributed by atoms with Crippen molar-refractivity contribution in [1.29, 1.82) is 0 Å². The second kappa shape index (κ2) is 4.53. The molecule has 1 aromatic carbocycles. The van der Waals surface area contributed by atoms with Crippen LogP contribution in [0.3, 0.4) is 0 Å². The van der Waals surface area contributed by atoms with Gasteiger partial charge < -0.3 is 5.73 Å². The van der Waals surface area contributed by atoms with E-state index in [-0.39, 0.29) is 6.04 Å². The van der Waals surface area contributed by atoms with Crippen LogP contribution in [0.4, 0.5) is 0 Å². The van der Waals surface area contributed by atoms with Crippen LogP contribution < -0.4 is 5.73 Å². The normalized spacial score (nSPS) is 13.1. The number of thiophene rings is 2. The number of rotatable bonds is 2. The highest BCUT2D eigenvalue weighted by Gasteiger charge is 2.14. The lowest BCUT2D eigenvalue weighted by molar-refractivity contribution is 0.888. The number of hydrogen-bond acceptors (Lipinski definition) is 3. The number of fused-ring (bicyclic) bond motifs is 1. The van der Waals surface area contributed by atoms with Crippen LogP contribution in [0.15, 0.2) is 44.9 Å². The fraction of sp³-hybridized carbons (Fsp3) is 0.0769. The minimum atomic E-state index is -0.0418. The molecule has 0 aliphatic heterocycles. The molecule has 0 amide bonds. The zero-order chi connectivity index (χ0) is 11.8. The SMILES string of the molecule is NC(c1csc(Br)c1)c1cccc2ccsc12. The number of halogens is 1. The Kier molecular flexibility index (Phi) is 3.04. The van der Waals surface area contributed by atoms with E-state index in [1.807, 2.05) is 0 Å². The largest absolute Gasteiger partial charge is 0.320 e. The van der Waals surface area contributed by atoms with E-state index in [0.717, 1.165) is 3.79 Å². The fourth-order valence-corrected chi connectivity index (χ4v) is 4.09. The Morgan fingerprint density at radius 1 is 1.18 bits per heavy atom. The van der Waals surface area contributed by atoms with Gasteiger partial charge >= 0.3 is 0 Å². The van der Waals surface area contributed by atoms with E-state index >= 15 is 0 Å². The van der Waals surface area contributed by atoms with Gasteiger partial charge in [0, 0.05) is 4.70 Å². The van der Waals surface area contributed by atoms with Crippen molar-refractivity contribution in [2.75, 3.05) is 0 Å². The topological polar surface area (TPSA) is 26.0 Å². The Morgan fingerprint density at radius 3 is 2.82 bits per heavy atom. The van der Waals surface area contributed by atoms with Crippen molar-refractivity contribution in [3.8, 4) is 0 Å². The zero-order valence-electron chi connectivity index (χ0n) is 8.89. The minimum Gasteiger partial charge on any atom is -0.320 e. The van der Waals surface area contributed by atoms with Crippen molar-refractivity contribution in [1.82, 2.24) is 0 Å². The Morgan fingerprint density at radius 2 is 2.06 bits per heavy atom. The molecule has 0 saturated heterocycles. The molecule has 0 saturated carbocycles. The maximum absolute atomic E-state index is 6.35. The molecule has 0 radical (unpaired) electrons. The lowest BCUT2D eigenvalue weighted by Crippen LogP contribution is -2.10. The van der Waals surface area contributed by atoms with Gasteiger partial charge in [-0.25, -0.2) is 0 Å². The van der Waals surface area contributed by atoms with E-state index < -0.39 is 0 Å². The quantitative estimate of drug-likeness (QED) is 0.722. The van der Waals surface area contributed by atoms with Gasteiger partial charge in [0.15, 0.2) is 0 Å². The van der Waals surface area contributed by atoms with Crippen LogP contribution in [0, 0.1) is 0 Å². The summed E-state index contributed by atoms with van der Waals surface area (Å²) in [6.07, 6.45) is 0. The predicted octanol–water partition coefficient (Wildman–Crippen LogP) is 4.77. The second-order valence-corrected chi connectivity index (χ2v) is 7.05. The van der Waals surface area contributed by atoms with Crippen molar-refractivity contribution in [2.24, 2.45) is 5.73 Å². The molecule has 1 nitrogen and oxygen atoms in total. The van der Waals surface area contributed by atoms with E-state index in [9.17, 15) is 0 Å². The summed E-state index contributed by atoms with van der Waals surface area (Å²) in [5.41, 5.74) is 8.73. The highest BCUT2D eigenvalue weighted by atomic mass is 79.9. The van der Waals surface area contributed by atoms with Crippen LogP contribution in [0.1, 0.15) is 17.2 Å². The van der Waals surface area contributed by atoms with Crippen LogP contribution in [-0.2, 0) is 0 Å². The van der Waals surface area contributed by atoms with Gasteiger partial charge in [0.25, 0.3) is 0 Å². The lowest BCUT2D eigenvalue weighted by Gasteiger charge is -2.11. The Hall–Kier alpha value is -0.680. The summed E-state index contributed by atoms with van der Waals surface area (Å²) in [7, 11) is 0. The summed E-state index contributed by atoms with van der Waals surface area (Å²) in [4.78, 5) is 0. The smallest absolute Gasteiger partial charge is 0.0701 e. The standard InChI is InChI=1S/C13H10BrNS2/c14-11-6-9(7-17-11)12(15)10-3-1-2-8-4-5-16-13(8)10/h1-7,12H,15H2. The third-order valence-corrected chi connectivity index (χ3v) is 5.29. The maximum Gasteiger partial charge on any atom is 0.0701 e. The van der Waals surface area contributed by atoms with Gasteiger partial charge in [-0.2, -0.15) is 0 Å². The summed E-state index contributed by atoms with van der Waals surface area (Å²) in [6, 6.07) is 10.5. The first-order valence-corrected chi connectivity index (χ1v) is 7.76. The molecule has 0 fully saturated rings. The Bertz CT molecular complexity index is 656. The van der Waals surface area contributed by atoms with Crippen LogP contribution >= 0.6 is 38.6 Å². The van der Waals surface area contributed by atoms with Crippen molar-refractivity contribution in [2.45, 2.75) is 6.04 Å². The molecule has 2 N–H and O–H groups in total. The van der Waals surface area contributed by atoms with E-state index in [2.05, 4.69) is 57.0 Å². The third kappa shape index (κ3) is 2.06. The first-order valence-electron chi connectivity index (χ1n) is 5.21. The predicted molar refractivity (Wildman–Crippen MR) is 79.9 cm³/mol. The summed E-state index contributed by atoms with van der Waals surface area (Å²) < 4.78 is 2.42. The first kappa shape index (κ1) is 11.4. The molecular formula is C13H10BrNS2. The van der Waals surface area contributed by atoms with E-state index in [4.69, 9.17) is 5.73 Å². The second-order valence-electron chi connectivity index (χ2n) is 3.85. The van der Waals surface area contributed by atoms with Crippen molar-refractivity contribution < 1.29 is 0 Å². The molecule has 4 heteroatoms. The average Bonchev–Trinajstić information content (AvgIpc) is 2.95. The fourth-order valence-electron chi connectivity index (χ4n) is 1.93. The molecule has 0 aliphatic rings. The molecule has 1 atom stereocenters. The van der Waals surface area contributed by atoms with Crippen LogP contribution in [-0.4, -0.2) is 0 Å². The van der Waals surface area contributed by atoms with Crippen LogP contribution in [0.5, 0.6) is 0 Å². The van der Waals surface area contributed by atoms with Gasteiger partial charge in [-0.1, -0.05) is 18.2 Å².